The van der Waals surface area contributed by atoms with Crippen molar-refractivity contribution in [2.45, 2.75) is 13.5 Å². The van der Waals surface area contributed by atoms with Crippen LogP contribution in [0.3, 0.4) is 0 Å². The minimum Gasteiger partial charge on any atom is -0.476 e. The van der Waals surface area contributed by atoms with Crippen molar-refractivity contribution in [2.75, 3.05) is 17.7 Å². The van der Waals surface area contributed by atoms with Crippen molar-refractivity contribution in [1.82, 2.24) is 4.98 Å². The number of hydrogen-bond donors (Lipinski definition) is 2. The van der Waals surface area contributed by atoms with Crippen LogP contribution in [0.4, 0.5) is 15.9 Å². The van der Waals surface area contributed by atoms with E-state index in [1.54, 1.807) is 18.2 Å². The Labute approximate surface area is 111 Å². The molecule has 0 saturated heterocycles. The predicted molar refractivity (Wildman–Crippen MR) is 73.5 cm³/mol. The predicted octanol–water partition coefficient (Wildman–Crippen LogP) is 2.81. The van der Waals surface area contributed by atoms with Gasteiger partial charge in [0.1, 0.15) is 11.6 Å². The van der Waals surface area contributed by atoms with Gasteiger partial charge >= 0.3 is 0 Å². The first kappa shape index (κ1) is 13.1. The fourth-order valence-electron chi connectivity index (χ4n) is 1.64. The van der Waals surface area contributed by atoms with Crippen LogP contribution in [0, 0.1) is 5.82 Å². The van der Waals surface area contributed by atoms with Gasteiger partial charge in [-0.25, -0.2) is 4.39 Å². The Bertz CT molecular complexity index is 560. The summed E-state index contributed by atoms with van der Waals surface area (Å²) in [6, 6.07) is 9.90. The minimum atomic E-state index is -0.250. The van der Waals surface area contributed by atoms with Gasteiger partial charge in [-0.3, -0.25) is 0 Å². The first-order valence-electron chi connectivity index (χ1n) is 6.06. The van der Waals surface area contributed by atoms with E-state index < -0.39 is 0 Å². The van der Waals surface area contributed by atoms with E-state index in [1.807, 2.05) is 13.0 Å². The Balaban J connectivity index is 2.05. The number of rotatable bonds is 5. The van der Waals surface area contributed by atoms with Crippen LogP contribution in [0.2, 0.25) is 0 Å². The lowest BCUT2D eigenvalue weighted by Gasteiger charge is -2.10. The van der Waals surface area contributed by atoms with E-state index in [9.17, 15) is 4.39 Å². The second-order valence-electron chi connectivity index (χ2n) is 4.01. The number of aromatic nitrogens is 1. The Morgan fingerprint density at radius 2 is 2.16 bits per heavy atom. The van der Waals surface area contributed by atoms with Crippen LogP contribution < -0.4 is 15.8 Å². The molecule has 0 bridgehead atoms. The number of nitrogen functional groups attached to an aromatic ring is 1. The van der Waals surface area contributed by atoms with E-state index in [0.717, 1.165) is 5.56 Å². The molecule has 1 aromatic heterocycles. The highest BCUT2D eigenvalue weighted by Crippen LogP contribution is 2.21. The monoisotopic (exact) mass is 261 g/mol. The smallest absolute Gasteiger partial charge is 0.239 e. The molecule has 0 aliphatic carbocycles. The van der Waals surface area contributed by atoms with Gasteiger partial charge in [-0.15, -0.1) is 0 Å². The van der Waals surface area contributed by atoms with E-state index in [-0.39, 0.29) is 5.82 Å². The summed E-state index contributed by atoms with van der Waals surface area (Å²) in [5, 5.41) is 3.10. The molecule has 100 valence electrons. The van der Waals surface area contributed by atoms with Crippen LogP contribution in [0.5, 0.6) is 5.88 Å². The van der Waals surface area contributed by atoms with Crippen molar-refractivity contribution < 1.29 is 9.13 Å². The highest BCUT2D eigenvalue weighted by Gasteiger charge is 2.03. The largest absolute Gasteiger partial charge is 0.476 e. The van der Waals surface area contributed by atoms with E-state index in [0.29, 0.717) is 30.5 Å². The van der Waals surface area contributed by atoms with Crippen molar-refractivity contribution >= 4 is 11.5 Å². The molecule has 4 nitrogen and oxygen atoms in total. The zero-order valence-corrected chi connectivity index (χ0v) is 10.7. The average molecular weight is 261 g/mol. The quantitative estimate of drug-likeness (QED) is 0.868. The molecule has 0 spiro atoms. The normalized spacial score (nSPS) is 10.2. The number of anilines is 2. The molecule has 19 heavy (non-hydrogen) atoms. The summed E-state index contributed by atoms with van der Waals surface area (Å²) in [6.45, 7) is 2.86. The Morgan fingerprint density at radius 1 is 1.32 bits per heavy atom. The Morgan fingerprint density at radius 3 is 2.89 bits per heavy atom. The summed E-state index contributed by atoms with van der Waals surface area (Å²) < 4.78 is 18.3. The lowest BCUT2D eigenvalue weighted by molar-refractivity contribution is 0.329. The lowest BCUT2D eigenvalue weighted by atomic mass is 10.2. The van der Waals surface area contributed by atoms with Crippen LogP contribution >= 0.6 is 0 Å². The standard InChI is InChI=1S/C14H16FN3O/c1-2-19-14-12(16)6-7-13(18-14)17-9-10-4-3-5-11(15)8-10/h3-8H,2,9,16H2,1H3,(H,17,18). The second kappa shape index (κ2) is 6.04. The molecule has 2 rings (SSSR count). The molecule has 2 aromatic rings. The molecule has 0 amide bonds. The van der Waals surface area contributed by atoms with Crippen molar-refractivity contribution in [2.24, 2.45) is 0 Å². The minimum absolute atomic E-state index is 0.250. The molecule has 0 saturated carbocycles. The number of benzene rings is 1. The molecule has 1 aromatic carbocycles. The van der Waals surface area contributed by atoms with Gasteiger partial charge in [-0.05, 0) is 36.8 Å². The first-order chi connectivity index (χ1) is 9.19. The molecule has 3 N–H and O–H groups in total. The number of nitrogens with one attached hydrogen (secondary N) is 1. The molecule has 0 atom stereocenters. The van der Waals surface area contributed by atoms with Crippen LogP contribution in [0.15, 0.2) is 36.4 Å². The van der Waals surface area contributed by atoms with Crippen molar-refractivity contribution in [3.63, 3.8) is 0 Å². The highest BCUT2D eigenvalue weighted by molar-refractivity contribution is 5.53. The fraction of sp³-hybridized carbons (Fsp3) is 0.214. The molecule has 0 unspecified atom stereocenters. The van der Waals surface area contributed by atoms with Crippen LogP contribution in [-0.4, -0.2) is 11.6 Å². The number of nitrogens with zero attached hydrogens (tertiary/aromatic N) is 1. The summed E-state index contributed by atoms with van der Waals surface area (Å²) in [5.74, 6) is 0.799. The van der Waals surface area contributed by atoms with Gasteiger partial charge < -0.3 is 15.8 Å². The summed E-state index contributed by atoms with van der Waals surface area (Å²) in [5.41, 5.74) is 7.08. The summed E-state index contributed by atoms with van der Waals surface area (Å²) in [4.78, 5) is 4.25. The van der Waals surface area contributed by atoms with E-state index in [1.165, 1.54) is 12.1 Å². The van der Waals surface area contributed by atoms with Crippen molar-refractivity contribution in [1.29, 1.82) is 0 Å². The summed E-state index contributed by atoms with van der Waals surface area (Å²) in [7, 11) is 0. The number of ether oxygens (including phenoxy) is 1. The number of hydrogen-bond acceptors (Lipinski definition) is 4. The number of halogens is 1. The van der Waals surface area contributed by atoms with Gasteiger partial charge in [-0.2, -0.15) is 4.98 Å². The molecule has 0 aliphatic heterocycles. The fourth-order valence-corrected chi connectivity index (χ4v) is 1.64. The molecule has 0 aliphatic rings. The number of nitrogens with two attached hydrogens (primary N) is 1. The third-order valence-electron chi connectivity index (χ3n) is 2.53. The maximum absolute atomic E-state index is 13.0. The molecular formula is C14H16FN3O. The first-order valence-corrected chi connectivity index (χ1v) is 6.06. The van der Waals surface area contributed by atoms with Crippen LogP contribution in [-0.2, 0) is 6.54 Å². The lowest BCUT2D eigenvalue weighted by Crippen LogP contribution is -2.05. The van der Waals surface area contributed by atoms with Crippen LogP contribution in [0.25, 0.3) is 0 Å². The van der Waals surface area contributed by atoms with E-state index in [2.05, 4.69) is 10.3 Å². The van der Waals surface area contributed by atoms with Gasteiger partial charge in [-0.1, -0.05) is 12.1 Å². The Kier molecular flexibility index (Phi) is 4.18. The molecule has 1 heterocycles. The SMILES string of the molecule is CCOc1nc(NCc2cccc(F)c2)ccc1N. The van der Waals surface area contributed by atoms with Crippen LogP contribution in [0.1, 0.15) is 12.5 Å². The maximum atomic E-state index is 13.0. The topological polar surface area (TPSA) is 60.2 Å². The second-order valence-corrected chi connectivity index (χ2v) is 4.01. The van der Waals surface area contributed by atoms with Crippen molar-refractivity contribution in [3.05, 3.63) is 47.8 Å². The maximum Gasteiger partial charge on any atom is 0.239 e. The van der Waals surface area contributed by atoms with Gasteiger partial charge in [0, 0.05) is 6.54 Å². The van der Waals surface area contributed by atoms with Gasteiger partial charge in [0.25, 0.3) is 0 Å². The van der Waals surface area contributed by atoms with Crippen molar-refractivity contribution in [3.8, 4) is 5.88 Å². The van der Waals surface area contributed by atoms with E-state index in [4.69, 9.17) is 10.5 Å². The summed E-state index contributed by atoms with van der Waals surface area (Å²) in [6.07, 6.45) is 0. The highest BCUT2D eigenvalue weighted by atomic mass is 19.1. The number of pyridine rings is 1. The van der Waals surface area contributed by atoms with Gasteiger partial charge in [0.2, 0.25) is 5.88 Å². The molecule has 0 radical (unpaired) electrons. The third-order valence-corrected chi connectivity index (χ3v) is 2.53. The zero-order valence-electron chi connectivity index (χ0n) is 10.7. The molecule has 5 heteroatoms. The van der Waals surface area contributed by atoms with Gasteiger partial charge in [0.05, 0.1) is 12.3 Å². The molecular weight excluding hydrogens is 245 g/mol. The Hall–Kier alpha value is -2.30. The van der Waals surface area contributed by atoms with E-state index >= 15 is 0 Å². The zero-order chi connectivity index (χ0) is 13.7. The average Bonchev–Trinajstić information content (AvgIpc) is 2.40. The third kappa shape index (κ3) is 3.58. The van der Waals surface area contributed by atoms with Gasteiger partial charge in [0.15, 0.2) is 0 Å². The molecule has 0 fully saturated rings. The summed E-state index contributed by atoms with van der Waals surface area (Å²) >= 11 is 0.